The number of ether oxygens (including phenoxy) is 1. The number of aryl methyl sites for hydroxylation is 2. The maximum absolute atomic E-state index is 5.55. The lowest BCUT2D eigenvalue weighted by molar-refractivity contribution is 0.404. The van der Waals surface area contributed by atoms with Crippen molar-refractivity contribution in [2.24, 2.45) is 0 Å². The zero-order valence-electron chi connectivity index (χ0n) is 12.0. The maximum atomic E-state index is 5.55. The lowest BCUT2D eigenvalue weighted by Crippen LogP contribution is -2.22. The van der Waals surface area contributed by atoms with E-state index in [2.05, 4.69) is 55.7 Å². The fourth-order valence-electron chi connectivity index (χ4n) is 2.28. The minimum absolute atomic E-state index is 0.200. The van der Waals surface area contributed by atoms with Crippen LogP contribution in [0, 0.1) is 13.8 Å². The Hall–Kier alpha value is -1.32. The zero-order chi connectivity index (χ0) is 13.8. The van der Waals surface area contributed by atoms with Gasteiger partial charge in [0.25, 0.3) is 0 Å². The molecule has 3 heteroatoms. The van der Waals surface area contributed by atoms with E-state index in [-0.39, 0.29) is 6.04 Å². The van der Waals surface area contributed by atoms with Crippen molar-refractivity contribution in [1.29, 1.82) is 0 Å². The Morgan fingerprint density at radius 3 is 2.63 bits per heavy atom. The largest absolute Gasteiger partial charge is 0.496 e. The molecule has 0 aliphatic rings. The SMILES string of the molecule is CCNC(c1csc(C)c1)c1ccc(C)cc1OC. The Morgan fingerprint density at radius 1 is 1.26 bits per heavy atom. The number of hydrogen-bond acceptors (Lipinski definition) is 3. The third-order valence-electron chi connectivity index (χ3n) is 3.19. The van der Waals surface area contributed by atoms with Gasteiger partial charge in [0.1, 0.15) is 5.75 Å². The van der Waals surface area contributed by atoms with Crippen LogP contribution in [0.2, 0.25) is 0 Å². The summed E-state index contributed by atoms with van der Waals surface area (Å²) in [6, 6.07) is 8.84. The van der Waals surface area contributed by atoms with Gasteiger partial charge >= 0.3 is 0 Å². The molecule has 0 radical (unpaired) electrons. The van der Waals surface area contributed by atoms with Crippen LogP contribution in [0.1, 0.15) is 34.5 Å². The van der Waals surface area contributed by atoms with Crippen LogP contribution < -0.4 is 10.1 Å². The number of methoxy groups -OCH3 is 1. The van der Waals surface area contributed by atoms with Gasteiger partial charge in [-0.05, 0) is 49.0 Å². The number of benzene rings is 1. The molecule has 0 saturated carbocycles. The van der Waals surface area contributed by atoms with Gasteiger partial charge in [-0.3, -0.25) is 0 Å². The molecule has 0 aliphatic carbocycles. The van der Waals surface area contributed by atoms with Crippen LogP contribution in [-0.2, 0) is 0 Å². The molecular weight excluding hydrogens is 254 g/mol. The second kappa shape index (κ2) is 6.22. The Balaban J connectivity index is 2.44. The molecule has 1 atom stereocenters. The molecule has 102 valence electrons. The summed E-state index contributed by atoms with van der Waals surface area (Å²) in [6.45, 7) is 7.29. The third-order valence-corrected chi connectivity index (χ3v) is 4.07. The van der Waals surface area contributed by atoms with E-state index in [4.69, 9.17) is 4.74 Å². The molecule has 0 aliphatic heterocycles. The monoisotopic (exact) mass is 275 g/mol. The Labute approximate surface area is 119 Å². The summed E-state index contributed by atoms with van der Waals surface area (Å²) in [5.74, 6) is 0.954. The molecule has 1 unspecified atom stereocenters. The topological polar surface area (TPSA) is 21.3 Å². The van der Waals surface area contributed by atoms with Crippen LogP contribution >= 0.6 is 11.3 Å². The molecule has 1 N–H and O–H groups in total. The first-order valence-electron chi connectivity index (χ1n) is 6.58. The van der Waals surface area contributed by atoms with Crippen LogP contribution in [0.5, 0.6) is 5.75 Å². The highest BCUT2D eigenvalue weighted by Crippen LogP contribution is 2.32. The van der Waals surface area contributed by atoms with Crippen LogP contribution in [0.4, 0.5) is 0 Å². The standard InChI is InChI=1S/C16H21NOS/c1-5-17-16(13-9-12(3)19-10-13)14-7-6-11(2)8-15(14)18-4/h6-10,16-17H,5H2,1-4H3. The summed E-state index contributed by atoms with van der Waals surface area (Å²) in [5.41, 5.74) is 3.73. The Morgan fingerprint density at radius 2 is 2.05 bits per heavy atom. The van der Waals surface area contributed by atoms with Crippen LogP contribution in [-0.4, -0.2) is 13.7 Å². The molecule has 1 heterocycles. The molecule has 0 bridgehead atoms. The van der Waals surface area contributed by atoms with E-state index in [0.29, 0.717) is 0 Å². The van der Waals surface area contributed by atoms with Crippen molar-refractivity contribution in [2.75, 3.05) is 13.7 Å². The molecule has 1 aromatic heterocycles. The van der Waals surface area contributed by atoms with Gasteiger partial charge in [-0.2, -0.15) is 0 Å². The van der Waals surface area contributed by atoms with Crippen molar-refractivity contribution in [3.8, 4) is 5.75 Å². The van der Waals surface area contributed by atoms with E-state index >= 15 is 0 Å². The molecule has 2 aromatic rings. The van der Waals surface area contributed by atoms with Crippen molar-refractivity contribution in [3.05, 3.63) is 51.2 Å². The molecular formula is C16H21NOS. The van der Waals surface area contributed by atoms with E-state index in [1.54, 1.807) is 18.4 Å². The molecule has 0 amide bonds. The second-order valence-corrected chi connectivity index (χ2v) is 5.84. The van der Waals surface area contributed by atoms with Gasteiger partial charge in [0, 0.05) is 10.4 Å². The smallest absolute Gasteiger partial charge is 0.124 e. The number of rotatable bonds is 5. The van der Waals surface area contributed by atoms with E-state index < -0.39 is 0 Å². The molecule has 2 nitrogen and oxygen atoms in total. The number of thiophene rings is 1. The van der Waals surface area contributed by atoms with E-state index in [1.165, 1.54) is 21.6 Å². The second-order valence-electron chi connectivity index (χ2n) is 4.73. The highest BCUT2D eigenvalue weighted by atomic mass is 32.1. The fraction of sp³-hybridized carbons (Fsp3) is 0.375. The van der Waals surface area contributed by atoms with Crippen molar-refractivity contribution >= 4 is 11.3 Å². The number of hydrogen-bond donors (Lipinski definition) is 1. The predicted octanol–water partition coefficient (Wildman–Crippen LogP) is 4.07. The van der Waals surface area contributed by atoms with Crippen molar-refractivity contribution < 1.29 is 4.74 Å². The van der Waals surface area contributed by atoms with Gasteiger partial charge in [0.15, 0.2) is 0 Å². The minimum atomic E-state index is 0.200. The van der Waals surface area contributed by atoms with Gasteiger partial charge in [-0.1, -0.05) is 19.1 Å². The molecule has 2 rings (SSSR count). The summed E-state index contributed by atoms with van der Waals surface area (Å²) < 4.78 is 5.55. The van der Waals surface area contributed by atoms with Gasteiger partial charge in [-0.15, -0.1) is 11.3 Å². The Kier molecular flexibility index (Phi) is 4.61. The molecule has 0 saturated heterocycles. The summed E-state index contributed by atoms with van der Waals surface area (Å²) in [4.78, 5) is 1.34. The summed E-state index contributed by atoms with van der Waals surface area (Å²) in [7, 11) is 1.74. The lowest BCUT2D eigenvalue weighted by Gasteiger charge is -2.20. The number of nitrogens with one attached hydrogen (secondary N) is 1. The lowest BCUT2D eigenvalue weighted by atomic mass is 9.98. The van der Waals surface area contributed by atoms with Crippen LogP contribution in [0.3, 0.4) is 0 Å². The van der Waals surface area contributed by atoms with Crippen LogP contribution in [0.15, 0.2) is 29.6 Å². The van der Waals surface area contributed by atoms with E-state index in [9.17, 15) is 0 Å². The minimum Gasteiger partial charge on any atom is -0.496 e. The normalized spacial score (nSPS) is 12.4. The van der Waals surface area contributed by atoms with Crippen molar-refractivity contribution in [1.82, 2.24) is 5.32 Å². The quantitative estimate of drug-likeness (QED) is 0.888. The molecule has 0 fully saturated rings. The van der Waals surface area contributed by atoms with E-state index in [1.807, 2.05) is 0 Å². The van der Waals surface area contributed by atoms with Crippen molar-refractivity contribution in [3.63, 3.8) is 0 Å². The fourth-order valence-corrected chi connectivity index (χ4v) is 3.01. The first-order valence-corrected chi connectivity index (χ1v) is 7.46. The molecule has 1 aromatic carbocycles. The van der Waals surface area contributed by atoms with Crippen LogP contribution in [0.25, 0.3) is 0 Å². The highest BCUT2D eigenvalue weighted by Gasteiger charge is 2.18. The van der Waals surface area contributed by atoms with E-state index in [0.717, 1.165) is 12.3 Å². The Bertz CT molecular complexity index is 547. The first kappa shape index (κ1) is 14.1. The highest BCUT2D eigenvalue weighted by molar-refractivity contribution is 7.10. The average Bonchev–Trinajstić information content (AvgIpc) is 2.82. The third kappa shape index (κ3) is 3.17. The van der Waals surface area contributed by atoms with Gasteiger partial charge in [-0.25, -0.2) is 0 Å². The summed E-state index contributed by atoms with van der Waals surface area (Å²) in [5, 5.41) is 5.77. The first-order chi connectivity index (χ1) is 9.15. The average molecular weight is 275 g/mol. The van der Waals surface area contributed by atoms with Crippen molar-refractivity contribution in [2.45, 2.75) is 26.8 Å². The van der Waals surface area contributed by atoms with Gasteiger partial charge in [0.05, 0.1) is 13.2 Å². The summed E-state index contributed by atoms with van der Waals surface area (Å²) in [6.07, 6.45) is 0. The molecule has 19 heavy (non-hydrogen) atoms. The van der Waals surface area contributed by atoms with Gasteiger partial charge in [0.2, 0.25) is 0 Å². The predicted molar refractivity (Wildman–Crippen MR) is 82.3 cm³/mol. The van der Waals surface area contributed by atoms with Gasteiger partial charge < -0.3 is 10.1 Å². The molecule has 0 spiro atoms. The zero-order valence-corrected chi connectivity index (χ0v) is 12.8. The summed E-state index contributed by atoms with van der Waals surface area (Å²) >= 11 is 1.79. The maximum Gasteiger partial charge on any atom is 0.124 e.